The molecule has 2 rings (SSSR count). The molecule has 0 aliphatic heterocycles. The largest absolute Gasteiger partial charge is 0.354 e. The van der Waals surface area contributed by atoms with Crippen molar-refractivity contribution in [1.29, 1.82) is 0 Å². The summed E-state index contributed by atoms with van der Waals surface area (Å²) in [6, 6.07) is 5.64. The SMILES string of the molecule is CC(=O)c1nc(N(C)C)sc1-c1ccccn1. The molecule has 0 aromatic carbocycles. The van der Waals surface area contributed by atoms with E-state index in [1.165, 1.54) is 18.3 Å². The zero-order chi connectivity index (χ0) is 12.4. The van der Waals surface area contributed by atoms with Gasteiger partial charge in [0.15, 0.2) is 10.9 Å². The molecule has 4 nitrogen and oxygen atoms in total. The Hall–Kier alpha value is -1.75. The predicted octanol–water partition coefficient (Wildman–Crippen LogP) is 2.47. The van der Waals surface area contributed by atoms with E-state index < -0.39 is 0 Å². The number of hydrogen-bond donors (Lipinski definition) is 0. The molecule has 0 amide bonds. The van der Waals surface area contributed by atoms with E-state index in [1.807, 2.05) is 37.2 Å². The van der Waals surface area contributed by atoms with Crippen molar-refractivity contribution >= 4 is 22.3 Å². The molecular formula is C12H13N3OS. The number of thiazole rings is 1. The predicted molar refractivity (Wildman–Crippen MR) is 69.7 cm³/mol. The molecule has 0 aliphatic rings. The number of ketones is 1. The molecule has 0 atom stereocenters. The van der Waals surface area contributed by atoms with Crippen LogP contribution in [0.15, 0.2) is 24.4 Å². The quantitative estimate of drug-likeness (QED) is 0.782. The van der Waals surface area contributed by atoms with Gasteiger partial charge in [0.05, 0.1) is 10.6 Å². The lowest BCUT2D eigenvalue weighted by Crippen LogP contribution is -2.08. The van der Waals surface area contributed by atoms with Crippen LogP contribution in [0.3, 0.4) is 0 Å². The molecule has 0 saturated heterocycles. The first-order chi connectivity index (χ1) is 8.09. The fraction of sp³-hybridized carbons (Fsp3) is 0.250. The molecule has 0 saturated carbocycles. The minimum absolute atomic E-state index is 0.0324. The van der Waals surface area contributed by atoms with E-state index in [0.29, 0.717) is 5.69 Å². The van der Waals surface area contributed by atoms with Gasteiger partial charge in [-0.1, -0.05) is 17.4 Å². The average Bonchev–Trinajstić information content (AvgIpc) is 2.75. The summed E-state index contributed by atoms with van der Waals surface area (Å²) in [7, 11) is 3.82. The Morgan fingerprint density at radius 2 is 2.12 bits per heavy atom. The lowest BCUT2D eigenvalue weighted by atomic mass is 10.2. The maximum atomic E-state index is 11.6. The molecule has 5 heteroatoms. The van der Waals surface area contributed by atoms with Gasteiger partial charge in [0.25, 0.3) is 0 Å². The van der Waals surface area contributed by atoms with Gasteiger partial charge in [-0.25, -0.2) is 4.98 Å². The van der Waals surface area contributed by atoms with E-state index >= 15 is 0 Å². The molecule has 0 radical (unpaired) electrons. The second-order valence-corrected chi connectivity index (χ2v) is 4.82. The maximum absolute atomic E-state index is 11.6. The zero-order valence-electron chi connectivity index (χ0n) is 9.97. The summed E-state index contributed by atoms with van der Waals surface area (Å²) in [6.45, 7) is 1.53. The van der Waals surface area contributed by atoms with Crippen LogP contribution in [0.25, 0.3) is 10.6 Å². The van der Waals surface area contributed by atoms with Crippen molar-refractivity contribution in [3.8, 4) is 10.6 Å². The molecule has 0 unspecified atom stereocenters. The van der Waals surface area contributed by atoms with Gasteiger partial charge in [-0.15, -0.1) is 0 Å². The first-order valence-electron chi connectivity index (χ1n) is 5.20. The van der Waals surface area contributed by atoms with Crippen molar-refractivity contribution in [2.75, 3.05) is 19.0 Å². The second-order valence-electron chi connectivity index (χ2n) is 3.84. The van der Waals surface area contributed by atoms with E-state index in [0.717, 1.165) is 15.7 Å². The summed E-state index contributed by atoms with van der Waals surface area (Å²) in [5.74, 6) is -0.0324. The molecule has 0 aliphatic carbocycles. The molecule has 2 aromatic heterocycles. The smallest absolute Gasteiger partial charge is 0.186 e. The van der Waals surface area contributed by atoms with Crippen molar-refractivity contribution in [3.63, 3.8) is 0 Å². The number of carbonyl (C=O) groups excluding carboxylic acids is 1. The second kappa shape index (κ2) is 4.63. The third kappa shape index (κ3) is 2.34. The molecular weight excluding hydrogens is 234 g/mol. The topological polar surface area (TPSA) is 46.1 Å². The third-order valence-corrected chi connectivity index (χ3v) is 3.48. The van der Waals surface area contributed by atoms with Crippen LogP contribution in [-0.4, -0.2) is 29.8 Å². The van der Waals surface area contributed by atoms with Crippen molar-refractivity contribution in [2.24, 2.45) is 0 Å². The number of hydrogen-bond acceptors (Lipinski definition) is 5. The van der Waals surface area contributed by atoms with Gasteiger partial charge in [0.2, 0.25) is 0 Å². The van der Waals surface area contributed by atoms with Gasteiger partial charge in [-0.2, -0.15) is 0 Å². The lowest BCUT2D eigenvalue weighted by molar-refractivity contribution is 0.101. The van der Waals surface area contributed by atoms with E-state index in [-0.39, 0.29) is 5.78 Å². The average molecular weight is 247 g/mol. The first-order valence-corrected chi connectivity index (χ1v) is 6.01. The Balaban J connectivity index is 2.56. The van der Waals surface area contributed by atoms with Gasteiger partial charge >= 0.3 is 0 Å². The number of nitrogens with zero attached hydrogens (tertiary/aromatic N) is 3. The fourth-order valence-corrected chi connectivity index (χ4v) is 2.42. The maximum Gasteiger partial charge on any atom is 0.186 e. The number of carbonyl (C=O) groups is 1. The van der Waals surface area contributed by atoms with E-state index in [1.54, 1.807) is 6.20 Å². The Morgan fingerprint density at radius 1 is 1.35 bits per heavy atom. The van der Waals surface area contributed by atoms with E-state index in [4.69, 9.17) is 0 Å². The molecule has 88 valence electrons. The number of pyridine rings is 1. The Labute approximate surface area is 104 Å². The van der Waals surface area contributed by atoms with Gasteiger partial charge in [-0.05, 0) is 12.1 Å². The van der Waals surface area contributed by atoms with Gasteiger partial charge in [0, 0.05) is 27.2 Å². The van der Waals surface area contributed by atoms with Crippen LogP contribution in [0.4, 0.5) is 5.13 Å². The Bertz CT molecular complexity index is 534. The summed E-state index contributed by atoms with van der Waals surface area (Å²) >= 11 is 1.48. The summed E-state index contributed by atoms with van der Waals surface area (Å²) < 4.78 is 0. The fourth-order valence-electron chi connectivity index (χ4n) is 1.41. The summed E-state index contributed by atoms with van der Waals surface area (Å²) in [6.07, 6.45) is 1.72. The first kappa shape index (κ1) is 11.7. The Kier molecular flexibility index (Phi) is 3.19. The van der Waals surface area contributed by atoms with Crippen LogP contribution >= 0.6 is 11.3 Å². The van der Waals surface area contributed by atoms with Crippen molar-refractivity contribution in [2.45, 2.75) is 6.92 Å². The van der Waals surface area contributed by atoms with Crippen LogP contribution in [0.1, 0.15) is 17.4 Å². The van der Waals surface area contributed by atoms with Crippen molar-refractivity contribution in [1.82, 2.24) is 9.97 Å². The Morgan fingerprint density at radius 3 is 2.65 bits per heavy atom. The van der Waals surface area contributed by atoms with Crippen LogP contribution in [0.2, 0.25) is 0 Å². The van der Waals surface area contributed by atoms with Crippen LogP contribution < -0.4 is 4.90 Å². The molecule has 0 fully saturated rings. The number of Topliss-reactive ketones (excluding diaryl/α,β-unsaturated/α-hetero) is 1. The highest BCUT2D eigenvalue weighted by Gasteiger charge is 2.17. The van der Waals surface area contributed by atoms with Crippen LogP contribution in [-0.2, 0) is 0 Å². The summed E-state index contributed by atoms with van der Waals surface area (Å²) in [5, 5.41) is 0.816. The highest BCUT2D eigenvalue weighted by atomic mass is 32.1. The highest BCUT2D eigenvalue weighted by molar-refractivity contribution is 7.19. The zero-order valence-corrected chi connectivity index (χ0v) is 10.8. The number of aromatic nitrogens is 2. The van der Waals surface area contributed by atoms with Gasteiger partial charge in [-0.3, -0.25) is 9.78 Å². The number of rotatable bonds is 3. The third-order valence-electron chi connectivity index (χ3n) is 2.23. The van der Waals surface area contributed by atoms with Crippen molar-refractivity contribution in [3.05, 3.63) is 30.1 Å². The van der Waals surface area contributed by atoms with Crippen LogP contribution in [0.5, 0.6) is 0 Å². The molecule has 0 spiro atoms. The van der Waals surface area contributed by atoms with E-state index in [2.05, 4.69) is 9.97 Å². The monoisotopic (exact) mass is 247 g/mol. The normalized spacial score (nSPS) is 10.3. The standard InChI is InChI=1S/C12H13N3OS/c1-8(16)10-11(9-6-4-5-7-13-9)17-12(14-10)15(2)3/h4-7H,1-3H3. The summed E-state index contributed by atoms with van der Waals surface area (Å²) in [4.78, 5) is 22.9. The lowest BCUT2D eigenvalue weighted by Gasteiger charge is -2.05. The number of anilines is 1. The molecule has 0 bridgehead atoms. The van der Waals surface area contributed by atoms with Crippen molar-refractivity contribution < 1.29 is 4.79 Å². The minimum Gasteiger partial charge on any atom is -0.354 e. The van der Waals surface area contributed by atoms with Gasteiger partial charge < -0.3 is 4.90 Å². The van der Waals surface area contributed by atoms with Gasteiger partial charge in [0.1, 0.15) is 5.69 Å². The minimum atomic E-state index is -0.0324. The molecule has 2 heterocycles. The van der Waals surface area contributed by atoms with E-state index in [9.17, 15) is 4.79 Å². The highest BCUT2D eigenvalue weighted by Crippen LogP contribution is 2.33. The molecule has 0 N–H and O–H groups in total. The molecule has 17 heavy (non-hydrogen) atoms. The molecule has 2 aromatic rings. The summed E-state index contributed by atoms with van der Waals surface area (Å²) in [5.41, 5.74) is 1.29. The van der Waals surface area contributed by atoms with Crippen LogP contribution in [0, 0.1) is 0 Å².